The van der Waals surface area contributed by atoms with Crippen molar-refractivity contribution in [2.45, 2.75) is 65.2 Å². The van der Waals surface area contributed by atoms with E-state index in [1.807, 2.05) is 40.8 Å². The third-order valence-corrected chi connectivity index (χ3v) is 5.65. The van der Waals surface area contributed by atoms with Gasteiger partial charge in [0.1, 0.15) is 6.04 Å². The number of hydrogen-bond donors (Lipinski definition) is 2. The minimum atomic E-state index is -3.74. The van der Waals surface area contributed by atoms with Gasteiger partial charge in [-0.15, -0.1) is 0 Å². The summed E-state index contributed by atoms with van der Waals surface area (Å²) in [6.45, 7) is 10.1. The summed E-state index contributed by atoms with van der Waals surface area (Å²) < 4.78 is 30.4. The van der Waals surface area contributed by atoms with Crippen molar-refractivity contribution in [3.8, 4) is 0 Å². The van der Waals surface area contributed by atoms with E-state index >= 15 is 0 Å². The Labute approximate surface area is 143 Å². The van der Waals surface area contributed by atoms with Crippen LogP contribution in [0.4, 0.5) is 0 Å². The van der Waals surface area contributed by atoms with Crippen LogP contribution in [0.15, 0.2) is 6.20 Å². The monoisotopic (exact) mass is 357 g/mol. The molecule has 2 heterocycles. The van der Waals surface area contributed by atoms with Crippen LogP contribution in [-0.4, -0.2) is 47.0 Å². The van der Waals surface area contributed by atoms with Crippen LogP contribution in [0.5, 0.6) is 0 Å². The lowest BCUT2D eigenvalue weighted by Crippen LogP contribution is -2.59. The van der Waals surface area contributed by atoms with Crippen molar-refractivity contribution in [2.75, 3.05) is 7.05 Å². The number of carbonyl (C=O) groups excluding carboxylic acids is 1. The van der Waals surface area contributed by atoms with E-state index in [1.165, 1.54) is 7.05 Å². The Bertz CT molecular complexity index is 720. The van der Waals surface area contributed by atoms with Gasteiger partial charge in [0.15, 0.2) is 0 Å². The largest absolute Gasteiger partial charge is 0.350 e. The van der Waals surface area contributed by atoms with Gasteiger partial charge in [-0.3, -0.25) is 9.48 Å². The molecule has 1 aliphatic rings. The fraction of sp³-hybridized carbons (Fsp3) is 0.733. The molecule has 2 atom stereocenters. The van der Waals surface area contributed by atoms with Crippen molar-refractivity contribution >= 4 is 16.1 Å². The molecule has 1 saturated heterocycles. The van der Waals surface area contributed by atoms with Gasteiger partial charge in [-0.2, -0.15) is 22.5 Å². The van der Waals surface area contributed by atoms with Crippen molar-refractivity contribution in [1.29, 1.82) is 0 Å². The highest BCUT2D eigenvalue weighted by molar-refractivity contribution is 7.87. The quantitative estimate of drug-likeness (QED) is 0.832. The van der Waals surface area contributed by atoms with E-state index < -0.39 is 27.8 Å². The van der Waals surface area contributed by atoms with E-state index in [1.54, 1.807) is 4.68 Å². The van der Waals surface area contributed by atoms with E-state index in [4.69, 9.17) is 0 Å². The minimum absolute atomic E-state index is 0.291. The summed E-state index contributed by atoms with van der Waals surface area (Å²) in [7, 11) is -2.31. The molecule has 0 spiro atoms. The molecule has 0 aromatic carbocycles. The van der Waals surface area contributed by atoms with Crippen molar-refractivity contribution in [1.82, 2.24) is 24.1 Å². The molecule has 1 aromatic rings. The van der Waals surface area contributed by atoms with Crippen molar-refractivity contribution in [3.05, 3.63) is 17.5 Å². The van der Waals surface area contributed by atoms with Gasteiger partial charge in [0, 0.05) is 30.9 Å². The SMILES string of the molecule is CCn1cc(C2CC(C(=O)NC(C)(C)C)N(C)S(=O)(=O)N2)c(C)n1. The molecule has 2 N–H and O–H groups in total. The van der Waals surface area contributed by atoms with Gasteiger partial charge in [0.25, 0.3) is 10.2 Å². The molecule has 2 unspecified atom stereocenters. The van der Waals surface area contributed by atoms with Gasteiger partial charge >= 0.3 is 0 Å². The predicted octanol–water partition coefficient (Wildman–Crippen LogP) is 0.706. The second kappa shape index (κ2) is 6.45. The molecule has 8 nitrogen and oxygen atoms in total. The summed E-state index contributed by atoms with van der Waals surface area (Å²) in [5.41, 5.74) is 1.15. The molecule has 1 fully saturated rings. The molecule has 0 aliphatic carbocycles. The number of amides is 1. The third-order valence-electron chi connectivity index (χ3n) is 4.05. The summed E-state index contributed by atoms with van der Waals surface area (Å²) >= 11 is 0. The number of rotatable bonds is 3. The Morgan fingerprint density at radius 3 is 2.58 bits per heavy atom. The van der Waals surface area contributed by atoms with Crippen LogP contribution in [-0.2, 0) is 21.5 Å². The lowest BCUT2D eigenvalue weighted by atomic mass is 9.99. The molecule has 1 aliphatic heterocycles. The fourth-order valence-electron chi connectivity index (χ4n) is 2.80. The Morgan fingerprint density at radius 2 is 2.08 bits per heavy atom. The summed E-state index contributed by atoms with van der Waals surface area (Å²) in [5.74, 6) is -0.291. The summed E-state index contributed by atoms with van der Waals surface area (Å²) in [6.07, 6.45) is 2.19. The fourth-order valence-corrected chi connectivity index (χ4v) is 4.07. The van der Waals surface area contributed by atoms with Crippen LogP contribution in [0.1, 0.15) is 51.4 Å². The highest BCUT2D eigenvalue weighted by Crippen LogP contribution is 2.29. The highest BCUT2D eigenvalue weighted by Gasteiger charge is 2.42. The second-order valence-corrected chi connectivity index (χ2v) is 8.97. The molecule has 24 heavy (non-hydrogen) atoms. The zero-order valence-corrected chi connectivity index (χ0v) is 15.9. The van der Waals surface area contributed by atoms with E-state index in [2.05, 4.69) is 15.1 Å². The summed E-state index contributed by atoms with van der Waals surface area (Å²) in [4.78, 5) is 12.6. The Hall–Kier alpha value is -1.45. The number of nitrogens with one attached hydrogen (secondary N) is 2. The molecule has 9 heteroatoms. The van der Waals surface area contributed by atoms with Gasteiger partial charge in [-0.05, 0) is 41.0 Å². The number of nitrogens with zero attached hydrogens (tertiary/aromatic N) is 3. The van der Waals surface area contributed by atoms with E-state index in [9.17, 15) is 13.2 Å². The van der Waals surface area contributed by atoms with Crippen LogP contribution in [0.3, 0.4) is 0 Å². The first kappa shape index (κ1) is 18.9. The molecule has 2 rings (SSSR count). The van der Waals surface area contributed by atoms with Crippen molar-refractivity contribution < 1.29 is 13.2 Å². The number of likely N-dealkylation sites (N-methyl/N-ethyl adjacent to an activating group) is 1. The smallest absolute Gasteiger partial charge is 0.280 e. The Kier molecular flexibility index (Phi) is 5.08. The number of carbonyl (C=O) groups is 1. The van der Waals surface area contributed by atoms with E-state index in [0.717, 1.165) is 15.6 Å². The molecule has 0 radical (unpaired) electrons. The standard InChI is InChI=1S/C15H27N5O3S/c1-7-20-9-11(10(2)17-20)12-8-13(14(21)16-15(3,4)5)19(6)24(22,23)18-12/h9,12-13,18H,7-8H2,1-6H3,(H,16,21). The van der Waals surface area contributed by atoms with Crippen molar-refractivity contribution in [3.63, 3.8) is 0 Å². The molecule has 136 valence electrons. The molecule has 1 aromatic heterocycles. The second-order valence-electron chi connectivity index (χ2n) is 7.21. The van der Waals surface area contributed by atoms with E-state index in [0.29, 0.717) is 13.0 Å². The lowest BCUT2D eigenvalue weighted by molar-refractivity contribution is -0.126. The van der Waals surface area contributed by atoms with E-state index in [-0.39, 0.29) is 5.91 Å². The Balaban J connectivity index is 2.33. The van der Waals surface area contributed by atoms with Crippen molar-refractivity contribution in [2.24, 2.45) is 0 Å². The first-order valence-corrected chi connectivity index (χ1v) is 9.50. The summed E-state index contributed by atoms with van der Waals surface area (Å²) in [6, 6.07) is -1.23. The molecule has 1 amide bonds. The predicted molar refractivity (Wildman–Crippen MR) is 91.5 cm³/mol. The van der Waals surface area contributed by atoms with Gasteiger partial charge in [0.05, 0.1) is 11.7 Å². The lowest BCUT2D eigenvalue weighted by Gasteiger charge is -2.37. The first-order valence-electron chi connectivity index (χ1n) is 8.06. The van der Waals surface area contributed by atoms with Crippen LogP contribution in [0.2, 0.25) is 0 Å². The topological polar surface area (TPSA) is 96.3 Å². The first-order chi connectivity index (χ1) is 10.9. The zero-order chi connectivity index (χ0) is 18.3. The molecule has 0 bridgehead atoms. The number of hydrogen-bond acceptors (Lipinski definition) is 4. The van der Waals surface area contributed by atoms with Gasteiger partial charge < -0.3 is 5.32 Å². The van der Waals surface area contributed by atoms with Crippen LogP contribution >= 0.6 is 0 Å². The van der Waals surface area contributed by atoms with Gasteiger partial charge in [-0.25, -0.2) is 0 Å². The number of aryl methyl sites for hydroxylation is 2. The van der Waals surface area contributed by atoms with Crippen LogP contribution in [0, 0.1) is 6.92 Å². The van der Waals surface area contributed by atoms with Crippen LogP contribution in [0.25, 0.3) is 0 Å². The number of aromatic nitrogens is 2. The maximum Gasteiger partial charge on any atom is 0.280 e. The minimum Gasteiger partial charge on any atom is -0.350 e. The van der Waals surface area contributed by atoms with Gasteiger partial charge in [-0.1, -0.05) is 0 Å². The summed E-state index contributed by atoms with van der Waals surface area (Å²) in [5, 5.41) is 7.23. The molecular formula is C15H27N5O3S. The molecular weight excluding hydrogens is 330 g/mol. The van der Waals surface area contributed by atoms with Gasteiger partial charge in [0.2, 0.25) is 5.91 Å². The maximum atomic E-state index is 12.6. The normalized spacial score (nSPS) is 24.8. The van der Waals surface area contributed by atoms with Crippen LogP contribution < -0.4 is 10.0 Å². The molecule has 0 saturated carbocycles. The average molecular weight is 357 g/mol. The average Bonchev–Trinajstić information content (AvgIpc) is 2.81. The zero-order valence-electron chi connectivity index (χ0n) is 15.1. The third kappa shape index (κ3) is 3.96. The Morgan fingerprint density at radius 1 is 1.46 bits per heavy atom. The highest BCUT2D eigenvalue weighted by atomic mass is 32.2. The maximum absolute atomic E-state index is 12.6.